The van der Waals surface area contributed by atoms with E-state index >= 15 is 0 Å². The molecule has 0 saturated heterocycles. The van der Waals surface area contributed by atoms with Gasteiger partial charge in [0.2, 0.25) is 5.91 Å². The number of hydrogen-bond acceptors (Lipinski definition) is 8. The number of esters is 1. The number of rotatable bonds is 5. The molecule has 2 atom stereocenters. The predicted molar refractivity (Wildman–Crippen MR) is 183 cm³/mol. The number of aromatic nitrogens is 6. The number of nitrogens with zero attached hydrogens (tertiary/aromatic N) is 6. The highest BCUT2D eigenvalue weighted by molar-refractivity contribution is 6.31. The number of carbonyl (C=O) groups excluding carboxylic acids is 2. The van der Waals surface area contributed by atoms with Crippen LogP contribution in [0.1, 0.15) is 63.0 Å². The Morgan fingerprint density at radius 1 is 0.944 bits per heavy atom. The number of ether oxygens (including phenoxy) is 1. The van der Waals surface area contributed by atoms with Gasteiger partial charge in [0.15, 0.2) is 5.69 Å². The highest BCUT2D eigenvalue weighted by atomic mass is 35.5. The lowest BCUT2D eigenvalue weighted by Crippen LogP contribution is -2.34. The predicted octanol–water partition coefficient (Wildman–Crippen LogP) is 7.91. The number of carbonyl (C=O) groups is 2. The summed E-state index contributed by atoms with van der Waals surface area (Å²) in [6.07, 6.45) is -5.21. The molecule has 0 aliphatic carbocycles. The molecule has 6 rings (SSSR count). The fraction of sp³-hybridized carbons (Fsp3) is 0.306. The summed E-state index contributed by atoms with van der Waals surface area (Å²) in [5.74, 6) is -3.25. The van der Waals surface area contributed by atoms with Crippen LogP contribution in [0.4, 0.5) is 32.0 Å². The molecular formula is C36H30ClF6N7O4. The van der Waals surface area contributed by atoms with Crippen molar-refractivity contribution in [2.45, 2.75) is 64.0 Å². The van der Waals surface area contributed by atoms with Crippen molar-refractivity contribution < 1.29 is 40.7 Å². The van der Waals surface area contributed by atoms with Gasteiger partial charge >= 0.3 is 18.3 Å². The van der Waals surface area contributed by atoms with Gasteiger partial charge in [0.1, 0.15) is 5.60 Å². The number of anilines is 1. The summed E-state index contributed by atoms with van der Waals surface area (Å²) in [7, 11) is 0. The van der Waals surface area contributed by atoms with E-state index in [0.29, 0.717) is 42.3 Å². The standard InChI is InChI=1S/C36H30ClF6N7O4/c1-19-5-4-6-29(49-18-45-25(16-31(49)51)24-15-22(37)8-10-28(24)50-17-30(47-48-50)35(38,39)40)27-13-20(11-12-44-27)23-9-7-21(14-26(23)46-32(19)52)34(2,3)54-33(53)36(41,42)43/h7-19,29H,4-6H2,1-3H3,(H,46,52)/t19-,29+/m1/s1. The first-order valence-corrected chi connectivity index (χ1v) is 16.8. The van der Waals surface area contributed by atoms with Gasteiger partial charge in [0.05, 0.1) is 35.6 Å². The minimum absolute atomic E-state index is 0.103. The maximum Gasteiger partial charge on any atom is 0.490 e. The van der Waals surface area contributed by atoms with Crippen molar-refractivity contribution in [2.24, 2.45) is 5.92 Å². The number of fused-ring (bicyclic) bond motifs is 4. The van der Waals surface area contributed by atoms with Gasteiger partial charge in [0.25, 0.3) is 5.56 Å². The molecule has 0 radical (unpaired) electrons. The Labute approximate surface area is 308 Å². The summed E-state index contributed by atoms with van der Waals surface area (Å²) in [6.45, 7) is 4.32. The molecule has 0 spiro atoms. The second kappa shape index (κ2) is 14.3. The van der Waals surface area contributed by atoms with Crippen molar-refractivity contribution in [3.05, 3.63) is 106 Å². The van der Waals surface area contributed by atoms with Crippen molar-refractivity contribution in [1.29, 1.82) is 0 Å². The van der Waals surface area contributed by atoms with Gasteiger partial charge in [0, 0.05) is 40.0 Å². The summed E-state index contributed by atoms with van der Waals surface area (Å²) in [4.78, 5) is 48.0. The van der Waals surface area contributed by atoms with E-state index in [-0.39, 0.29) is 39.1 Å². The molecule has 3 aromatic heterocycles. The number of alkyl halides is 6. The first-order valence-electron chi connectivity index (χ1n) is 16.4. The molecule has 0 fully saturated rings. The number of pyridine rings is 1. The van der Waals surface area contributed by atoms with E-state index in [1.165, 1.54) is 67.3 Å². The van der Waals surface area contributed by atoms with Crippen molar-refractivity contribution in [2.75, 3.05) is 5.32 Å². The Kier molecular flexibility index (Phi) is 10.1. The maximum atomic E-state index is 13.8. The zero-order valence-electron chi connectivity index (χ0n) is 28.7. The molecule has 18 heteroatoms. The number of nitrogens with one attached hydrogen (secondary N) is 1. The van der Waals surface area contributed by atoms with Crippen molar-refractivity contribution in [3.8, 4) is 28.1 Å². The van der Waals surface area contributed by atoms with Gasteiger partial charge in [-0.3, -0.25) is 19.1 Å². The third kappa shape index (κ3) is 8.00. The lowest BCUT2D eigenvalue weighted by molar-refractivity contribution is -0.212. The van der Waals surface area contributed by atoms with Crippen LogP contribution in [0, 0.1) is 5.92 Å². The van der Waals surface area contributed by atoms with E-state index in [1.807, 2.05) is 0 Å². The normalized spacial score (nSPS) is 16.8. The highest BCUT2D eigenvalue weighted by Crippen LogP contribution is 2.38. The molecule has 1 aliphatic rings. The summed E-state index contributed by atoms with van der Waals surface area (Å²) in [5.41, 5.74) is -1.04. The fourth-order valence-electron chi connectivity index (χ4n) is 6.07. The third-order valence-corrected chi connectivity index (χ3v) is 9.22. The van der Waals surface area contributed by atoms with E-state index in [9.17, 15) is 40.7 Å². The topological polar surface area (TPSA) is 134 Å². The molecule has 282 valence electrons. The quantitative estimate of drug-likeness (QED) is 0.141. The first-order chi connectivity index (χ1) is 25.3. The van der Waals surface area contributed by atoms with E-state index in [4.69, 9.17) is 16.3 Å². The molecule has 2 aromatic carbocycles. The molecule has 54 heavy (non-hydrogen) atoms. The van der Waals surface area contributed by atoms with Crippen LogP contribution in [0.3, 0.4) is 0 Å². The third-order valence-electron chi connectivity index (χ3n) is 8.98. The van der Waals surface area contributed by atoms with Crippen LogP contribution in [-0.2, 0) is 26.1 Å². The smallest absolute Gasteiger partial charge is 0.448 e. The summed E-state index contributed by atoms with van der Waals surface area (Å²) < 4.78 is 86.0. The Morgan fingerprint density at radius 3 is 2.39 bits per heavy atom. The second-order valence-electron chi connectivity index (χ2n) is 13.2. The Balaban J connectivity index is 1.40. The van der Waals surface area contributed by atoms with Crippen LogP contribution in [0.2, 0.25) is 5.02 Å². The molecular weight excluding hydrogens is 744 g/mol. The van der Waals surface area contributed by atoms with Crippen molar-refractivity contribution >= 4 is 29.2 Å². The van der Waals surface area contributed by atoms with E-state index in [1.54, 1.807) is 25.1 Å². The Bertz CT molecular complexity index is 2300. The maximum absolute atomic E-state index is 13.8. The van der Waals surface area contributed by atoms with Crippen LogP contribution >= 0.6 is 11.6 Å². The molecule has 11 nitrogen and oxygen atoms in total. The molecule has 1 N–H and O–H groups in total. The number of hydrogen-bond donors (Lipinski definition) is 1. The lowest BCUT2D eigenvalue weighted by atomic mass is 9.92. The van der Waals surface area contributed by atoms with Crippen LogP contribution < -0.4 is 10.9 Å². The molecule has 0 saturated carbocycles. The van der Waals surface area contributed by atoms with Gasteiger partial charge in [-0.2, -0.15) is 26.3 Å². The van der Waals surface area contributed by atoms with Crippen molar-refractivity contribution in [3.63, 3.8) is 0 Å². The molecule has 0 unspecified atom stereocenters. The summed E-state index contributed by atoms with van der Waals surface area (Å²) in [5, 5.41) is 9.92. The van der Waals surface area contributed by atoms with Gasteiger partial charge < -0.3 is 10.1 Å². The van der Waals surface area contributed by atoms with Gasteiger partial charge in [-0.1, -0.05) is 42.3 Å². The molecule has 2 bridgehead atoms. The molecule has 5 aromatic rings. The van der Waals surface area contributed by atoms with E-state index in [2.05, 4.69) is 25.6 Å². The van der Waals surface area contributed by atoms with Gasteiger partial charge in [-0.05, 0) is 74.2 Å². The van der Waals surface area contributed by atoms with Gasteiger partial charge in [-0.25, -0.2) is 14.5 Å². The number of amides is 1. The Morgan fingerprint density at radius 2 is 1.70 bits per heavy atom. The first kappa shape index (κ1) is 38.2. The fourth-order valence-corrected chi connectivity index (χ4v) is 6.24. The zero-order valence-corrected chi connectivity index (χ0v) is 29.4. The minimum atomic E-state index is -5.21. The molecule has 1 aliphatic heterocycles. The monoisotopic (exact) mass is 773 g/mol. The average Bonchev–Trinajstić information content (AvgIpc) is 3.61. The SMILES string of the molecule is C[C@@H]1CCC[C@H](n2cnc(-c3cc(Cl)ccc3-n3cc(C(F)(F)F)nn3)cc2=O)c2cc(ccn2)-c2ccc(C(C)(C)OC(=O)C(F)(F)F)cc2NC1=O. The lowest BCUT2D eigenvalue weighted by Gasteiger charge is -2.28. The van der Waals surface area contributed by atoms with Crippen LogP contribution in [0.25, 0.3) is 28.1 Å². The minimum Gasteiger partial charge on any atom is -0.448 e. The highest BCUT2D eigenvalue weighted by Gasteiger charge is 2.44. The van der Waals surface area contributed by atoms with Crippen LogP contribution in [0.5, 0.6) is 0 Å². The van der Waals surface area contributed by atoms with Gasteiger partial charge in [-0.15, -0.1) is 5.10 Å². The molecule has 4 heterocycles. The van der Waals surface area contributed by atoms with Crippen molar-refractivity contribution in [1.82, 2.24) is 29.5 Å². The summed E-state index contributed by atoms with van der Waals surface area (Å²) in [6, 6.07) is 12.8. The number of benzene rings is 2. The Hall–Kier alpha value is -5.58. The summed E-state index contributed by atoms with van der Waals surface area (Å²) >= 11 is 6.24. The number of halogens is 7. The van der Waals surface area contributed by atoms with Crippen LogP contribution in [-0.4, -0.2) is 47.6 Å². The second-order valence-corrected chi connectivity index (χ2v) is 13.6. The van der Waals surface area contributed by atoms with E-state index < -0.39 is 47.1 Å². The zero-order chi connectivity index (χ0) is 39.2. The average molecular weight is 774 g/mol. The molecule has 1 amide bonds. The van der Waals surface area contributed by atoms with Crippen LogP contribution in [0.15, 0.2) is 78.1 Å². The van der Waals surface area contributed by atoms with E-state index in [0.717, 1.165) is 4.68 Å². The largest absolute Gasteiger partial charge is 0.490 e.